The predicted molar refractivity (Wildman–Crippen MR) is 72.2 cm³/mol. The number of nitrogens with zero attached hydrogens (tertiary/aromatic N) is 1. The number of rotatable bonds is 4. The van der Waals surface area contributed by atoms with E-state index in [-0.39, 0.29) is 0 Å². The minimum Gasteiger partial charge on any atom is -0.338 e. The SMILES string of the molecule is CC(C)N(CC1CCCN1)C(=O)C1CC2CC2C1. The number of fused-ring (bicyclic) bond motifs is 1. The van der Waals surface area contributed by atoms with E-state index in [0.29, 0.717) is 23.9 Å². The maximum absolute atomic E-state index is 12.6. The van der Waals surface area contributed by atoms with Crippen LogP contribution < -0.4 is 5.32 Å². The molecular formula is C15H26N2O. The van der Waals surface area contributed by atoms with Crippen LogP contribution in [0.3, 0.4) is 0 Å². The van der Waals surface area contributed by atoms with Gasteiger partial charge in [0.25, 0.3) is 0 Å². The summed E-state index contributed by atoms with van der Waals surface area (Å²) < 4.78 is 0. The van der Waals surface area contributed by atoms with Crippen LogP contribution in [0.1, 0.15) is 46.0 Å². The van der Waals surface area contributed by atoms with E-state index >= 15 is 0 Å². The largest absolute Gasteiger partial charge is 0.338 e. The van der Waals surface area contributed by atoms with Crippen molar-refractivity contribution in [3.8, 4) is 0 Å². The summed E-state index contributed by atoms with van der Waals surface area (Å²) in [6.07, 6.45) is 6.23. The number of carbonyl (C=O) groups excluding carboxylic acids is 1. The Hall–Kier alpha value is -0.570. The standard InChI is InChI=1S/C15H26N2O/c1-10(2)17(9-14-4-3-5-16-14)15(18)13-7-11-6-12(11)8-13/h10-14,16H,3-9H2,1-2H3. The van der Waals surface area contributed by atoms with Gasteiger partial charge >= 0.3 is 0 Å². The van der Waals surface area contributed by atoms with Crippen LogP contribution in [-0.2, 0) is 4.79 Å². The first kappa shape index (κ1) is 12.5. The molecule has 2 aliphatic carbocycles. The van der Waals surface area contributed by atoms with E-state index in [1.807, 2.05) is 0 Å². The van der Waals surface area contributed by atoms with Crippen LogP contribution in [0, 0.1) is 17.8 Å². The van der Waals surface area contributed by atoms with Crippen LogP contribution in [0.4, 0.5) is 0 Å². The fourth-order valence-corrected chi connectivity index (χ4v) is 3.86. The van der Waals surface area contributed by atoms with Gasteiger partial charge in [0.05, 0.1) is 0 Å². The fraction of sp³-hybridized carbons (Fsp3) is 0.933. The summed E-state index contributed by atoms with van der Waals surface area (Å²) in [6.45, 7) is 6.35. The van der Waals surface area contributed by atoms with Crippen molar-refractivity contribution in [2.75, 3.05) is 13.1 Å². The molecule has 3 aliphatic rings. The summed E-state index contributed by atoms with van der Waals surface area (Å²) >= 11 is 0. The Morgan fingerprint density at radius 1 is 1.28 bits per heavy atom. The van der Waals surface area contributed by atoms with Crippen LogP contribution in [0.15, 0.2) is 0 Å². The Labute approximate surface area is 110 Å². The quantitative estimate of drug-likeness (QED) is 0.828. The van der Waals surface area contributed by atoms with Crippen molar-refractivity contribution in [1.29, 1.82) is 0 Å². The molecule has 102 valence electrons. The molecule has 1 N–H and O–H groups in total. The molecule has 1 amide bonds. The summed E-state index contributed by atoms with van der Waals surface area (Å²) in [5.74, 6) is 2.58. The molecular weight excluding hydrogens is 224 g/mol. The number of hydrogen-bond donors (Lipinski definition) is 1. The van der Waals surface area contributed by atoms with Crippen molar-refractivity contribution < 1.29 is 4.79 Å². The van der Waals surface area contributed by atoms with E-state index < -0.39 is 0 Å². The summed E-state index contributed by atoms with van der Waals surface area (Å²) in [6, 6.07) is 0.879. The van der Waals surface area contributed by atoms with Gasteiger partial charge in [-0.2, -0.15) is 0 Å². The highest BCUT2D eigenvalue weighted by molar-refractivity contribution is 5.79. The molecule has 0 radical (unpaired) electrons. The van der Waals surface area contributed by atoms with Gasteiger partial charge in [-0.15, -0.1) is 0 Å². The molecule has 3 nitrogen and oxygen atoms in total. The maximum Gasteiger partial charge on any atom is 0.225 e. The normalized spacial score (nSPS) is 37.9. The zero-order chi connectivity index (χ0) is 12.7. The van der Waals surface area contributed by atoms with E-state index in [4.69, 9.17) is 0 Å². The van der Waals surface area contributed by atoms with E-state index in [1.54, 1.807) is 0 Å². The molecule has 18 heavy (non-hydrogen) atoms. The molecule has 0 aromatic rings. The van der Waals surface area contributed by atoms with Gasteiger partial charge in [-0.05, 0) is 64.3 Å². The summed E-state index contributed by atoms with van der Waals surface area (Å²) in [5.41, 5.74) is 0. The molecule has 0 aromatic carbocycles. The first-order chi connectivity index (χ1) is 8.65. The van der Waals surface area contributed by atoms with Crippen LogP contribution in [-0.4, -0.2) is 36.0 Å². The van der Waals surface area contributed by atoms with E-state index in [2.05, 4.69) is 24.1 Å². The Kier molecular flexibility index (Phi) is 3.35. The highest BCUT2D eigenvalue weighted by Crippen LogP contribution is 2.54. The summed E-state index contributed by atoms with van der Waals surface area (Å²) in [5, 5.41) is 3.51. The zero-order valence-electron chi connectivity index (χ0n) is 11.7. The van der Waals surface area contributed by atoms with Crippen molar-refractivity contribution in [1.82, 2.24) is 10.2 Å². The topological polar surface area (TPSA) is 32.3 Å². The van der Waals surface area contributed by atoms with Crippen molar-refractivity contribution in [3.05, 3.63) is 0 Å². The summed E-state index contributed by atoms with van der Waals surface area (Å²) in [4.78, 5) is 14.8. The Bertz CT molecular complexity index is 312. The van der Waals surface area contributed by atoms with Gasteiger partial charge in [-0.3, -0.25) is 4.79 Å². The molecule has 3 atom stereocenters. The van der Waals surface area contributed by atoms with Crippen LogP contribution in [0.2, 0.25) is 0 Å². The first-order valence-electron chi connectivity index (χ1n) is 7.69. The zero-order valence-corrected chi connectivity index (χ0v) is 11.7. The Morgan fingerprint density at radius 2 is 2.00 bits per heavy atom. The highest BCUT2D eigenvalue weighted by atomic mass is 16.2. The van der Waals surface area contributed by atoms with Gasteiger partial charge in [0.1, 0.15) is 0 Å². The average molecular weight is 250 g/mol. The van der Waals surface area contributed by atoms with E-state index in [9.17, 15) is 4.79 Å². The molecule has 3 rings (SSSR count). The van der Waals surface area contributed by atoms with Crippen LogP contribution >= 0.6 is 0 Å². The molecule has 3 heteroatoms. The molecule has 0 bridgehead atoms. The second-order valence-electron chi connectivity index (χ2n) is 6.80. The third kappa shape index (κ3) is 2.42. The monoisotopic (exact) mass is 250 g/mol. The van der Waals surface area contributed by atoms with Crippen molar-refractivity contribution in [3.63, 3.8) is 0 Å². The molecule has 3 unspecified atom stereocenters. The van der Waals surface area contributed by atoms with Crippen molar-refractivity contribution >= 4 is 5.91 Å². The Balaban J connectivity index is 1.59. The third-order valence-electron chi connectivity index (χ3n) is 5.08. The average Bonchev–Trinajstić information content (AvgIpc) is 2.81. The van der Waals surface area contributed by atoms with Gasteiger partial charge < -0.3 is 10.2 Å². The van der Waals surface area contributed by atoms with Gasteiger partial charge in [0.15, 0.2) is 0 Å². The van der Waals surface area contributed by atoms with Crippen LogP contribution in [0.25, 0.3) is 0 Å². The van der Waals surface area contributed by atoms with Gasteiger partial charge in [-0.25, -0.2) is 0 Å². The van der Waals surface area contributed by atoms with Gasteiger partial charge in [0, 0.05) is 24.5 Å². The van der Waals surface area contributed by atoms with Crippen LogP contribution in [0.5, 0.6) is 0 Å². The molecule has 2 saturated carbocycles. The van der Waals surface area contributed by atoms with Crippen molar-refractivity contribution in [2.24, 2.45) is 17.8 Å². The Morgan fingerprint density at radius 3 is 2.56 bits per heavy atom. The predicted octanol–water partition coefficient (Wildman–Crippen LogP) is 2.02. The summed E-state index contributed by atoms with van der Waals surface area (Å²) in [7, 11) is 0. The minimum absolute atomic E-state index is 0.344. The molecule has 1 aliphatic heterocycles. The lowest BCUT2D eigenvalue weighted by molar-refractivity contribution is -0.137. The van der Waals surface area contributed by atoms with E-state index in [0.717, 1.165) is 24.9 Å². The molecule has 1 heterocycles. The number of hydrogen-bond acceptors (Lipinski definition) is 2. The second kappa shape index (κ2) is 4.84. The lowest BCUT2D eigenvalue weighted by Gasteiger charge is -2.32. The molecule has 1 saturated heterocycles. The van der Waals surface area contributed by atoms with Gasteiger partial charge in [0.2, 0.25) is 5.91 Å². The lowest BCUT2D eigenvalue weighted by Crippen LogP contribution is -2.47. The van der Waals surface area contributed by atoms with Crippen molar-refractivity contribution in [2.45, 2.75) is 58.0 Å². The second-order valence-corrected chi connectivity index (χ2v) is 6.80. The minimum atomic E-state index is 0.344. The smallest absolute Gasteiger partial charge is 0.225 e. The fourth-order valence-electron chi connectivity index (χ4n) is 3.86. The first-order valence-corrected chi connectivity index (χ1v) is 7.69. The third-order valence-corrected chi connectivity index (χ3v) is 5.08. The number of nitrogens with one attached hydrogen (secondary N) is 1. The molecule has 3 fully saturated rings. The lowest BCUT2D eigenvalue weighted by atomic mass is 10.0. The molecule has 0 aromatic heterocycles. The number of amides is 1. The van der Waals surface area contributed by atoms with Gasteiger partial charge in [-0.1, -0.05) is 0 Å². The maximum atomic E-state index is 12.6. The highest BCUT2D eigenvalue weighted by Gasteiger charge is 2.49. The van der Waals surface area contributed by atoms with E-state index in [1.165, 1.54) is 32.1 Å². The molecule has 0 spiro atoms. The number of carbonyl (C=O) groups is 1.